The van der Waals surface area contributed by atoms with Gasteiger partial charge in [-0.3, -0.25) is 0 Å². The van der Waals surface area contributed by atoms with Crippen molar-refractivity contribution in [2.24, 2.45) is 0 Å². The summed E-state index contributed by atoms with van der Waals surface area (Å²) in [6.07, 6.45) is 9.39. The Bertz CT molecular complexity index is 1040. The van der Waals surface area contributed by atoms with Gasteiger partial charge in [0.2, 0.25) is 0 Å². The second kappa shape index (κ2) is 7.36. The van der Waals surface area contributed by atoms with E-state index in [1.807, 2.05) is 22.7 Å². The number of nitrogens with zero attached hydrogens (tertiary/aromatic N) is 4. The summed E-state index contributed by atoms with van der Waals surface area (Å²) in [5.74, 6) is 0.575. The number of likely N-dealkylation sites (tertiary alicyclic amines) is 1. The standard InChI is InChI=1S/C22H25BrFN5/c1-28-8-5-22(24,6-9-28)19-10-16(15-2-3-15)13-29-14-18(27-21(19)29)12-26-17-4-7-25-20(23)11-17/h4,7,10-11,13-15H,2-3,5-6,8-9,12H2,1H3,(H,25,26). The van der Waals surface area contributed by atoms with Crippen LogP contribution in [0.2, 0.25) is 0 Å². The second-order valence-electron chi connectivity index (χ2n) is 8.41. The summed E-state index contributed by atoms with van der Waals surface area (Å²) < 4.78 is 18.9. The lowest BCUT2D eigenvalue weighted by Crippen LogP contribution is -2.38. The number of hydrogen-bond acceptors (Lipinski definition) is 4. The topological polar surface area (TPSA) is 45.5 Å². The van der Waals surface area contributed by atoms with Crippen LogP contribution in [-0.2, 0) is 12.2 Å². The normalized spacial score (nSPS) is 19.6. The lowest BCUT2D eigenvalue weighted by atomic mass is 9.86. The summed E-state index contributed by atoms with van der Waals surface area (Å²) in [5, 5.41) is 3.38. The third-order valence-corrected chi connectivity index (χ3v) is 6.57. The molecule has 2 fully saturated rings. The number of nitrogens with one attached hydrogen (secondary N) is 1. The first-order valence-electron chi connectivity index (χ1n) is 10.3. The Hall–Kier alpha value is -1.99. The van der Waals surface area contributed by atoms with E-state index in [0.717, 1.165) is 40.3 Å². The maximum absolute atomic E-state index is 16.1. The molecule has 0 bridgehead atoms. The molecule has 1 aliphatic carbocycles. The second-order valence-corrected chi connectivity index (χ2v) is 9.23. The fourth-order valence-electron chi connectivity index (χ4n) is 4.17. The highest BCUT2D eigenvalue weighted by Gasteiger charge is 2.39. The Balaban J connectivity index is 1.48. The molecule has 0 amide bonds. The fraction of sp³-hybridized carbons (Fsp3) is 0.455. The predicted octanol–water partition coefficient (Wildman–Crippen LogP) is 4.87. The number of hydrogen-bond donors (Lipinski definition) is 1. The minimum atomic E-state index is -1.30. The number of rotatable bonds is 5. The molecule has 29 heavy (non-hydrogen) atoms. The zero-order valence-corrected chi connectivity index (χ0v) is 18.1. The van der Waals surface area contributed by atoms with E-state index in [-0.39, 0.29) is 0 Å². The molecule has 0 unspecified atom stereocenters. The van der Waals surface area contributed by atoms with Crippen LogP contribution in [0.4, 0.5) is 10.1 Å². The van der Waals surface area contributed by atoms with Crippen molar-refractivity contribution in [1.82, 2.24) is 19.3 Å². The van der Waals surface area contributed by atoms with Crippen LogP contribution in [0.15, 0.2) is 41.4 Å². The van der Waals surface area contributed by atoms with Crippen molar-refractivity contribution >= 4 is 27.3 Å². The van der Waals surface area contributed by atoms with Crippen molar-refractivity contribution in [2.75, 3.05) is 25.5 Å². The summed E-state index contributed by atoms with van der Waals surface area (Å²) in [6.45, 7) is 2.14. The minimum absolute atomic E-state index is 0.527. The van der Waals surface area contributed by atoms with Gasteiger partial charge in [0.25, 0.3) is 0 Å². The fourth-order valence-corrected chi connectivity index (χ4v) is 4.54. The highest BCUT2D eigenvalue weighted by molar-refractivity contribution is 9.10. The third-order valence-electron chi connectivity index (χ3n) is 6.13. The van der Waals surface area contributed by atoms with E-state index in [0.29, 0.717) is 25.3 Å². The maximum atomic E-state index is 16.1. The SMILES string of the molecule is CN1CCC(F)(c2cc(C3CC3)cn3cc(CNc4ccnc(Br)c4)nc23)CC1. The van der Waals surface area contributed by atoms with E-state index >= 15 is 4.39 Å². The smallest absolute Gasteiger partial charge is 0.143 e. The number of fused-ring (bicyclic) bond motifs is 1. The average molecular weight is 458 g/mol. The van der Waals surface area contributed by atoms with Gasteiger partial charge in [0.15, 0.2) is 0 Å². The summed E-state index contributed by atoms with van der Waals surface area (Å²) in [6, 6.07) is 5.95. The van der Waals surface area contributed by atoms with Crippen molar-refractivity contribution in [1.29, 1.82) is 0 Å². The van der Waals surface area contributed by atoms with E-state index in [4.69, 9.17) is 4.98 Å². The maximum Gasteiger partial charge on any atom is 0.143 e. The molecular formula is C22H25BrFN5. The van der Waals surface area contributed by atoms with E-state index in [1.54, 1.807) is 6.20 Å². The van der Waals surface area contributed by atoms with Crippen LogP contribution < -0.4 is 5.32 Å². The Morgan fingerprint density at radius 1 is 1.24 bits per heavy atom. The highest BCUT2D eigenvalue weighted by atomic mass is 79.9. The van der Waals surface area contributed by atoms with E-state index in [1.165, 1.54) is 18.4 Å². The lowest BCUT2D eigenvalue weighted by molar-refractivity contribution is 0.0682. The molecule has 0 spiro atoms. The summed E-state index contributed by atoms with van der Waals surface area (Å²) in [4.78, 5) is 11.2. The molecule has 1 saturated carbocycles. The first-order valence-corrected chi connectivity index (χ1v) is 11.0. The number of aromatic nitrogens is 3. The molecule has 4 heterocycles. The van der Waals surface area contributed by atoms with Crippen LogP contribution in [0.1, 0.15) is 48.4 Å². The molecule has 3 aromatic heterocycles. The minimum Gasteiger partial charge on any atom is -0.379 e. The Kier molecular flexibility index (Phi) is 4.82. The molecule has 152 valence electrons. The molecule has 0 atom stereocenters. The van der Waals surface area contributed by atoms with Gasteiger partial charge in [-0.05, 0) is 78.3 Å². The van der Waals surface area contributed by atoms with Gasteiger partial charge in [-0.2, -0.15) is 0 Å². The van der Waals surface area contributed by atoms with Crippen LogP contribution in [0.25, 0.3) is 5.65 Å². The van der Waals surface area contributed by atoms with Gasteiger partial charge in [-0.15, -0.1) is 0 Å². The van der Waals surface area contributed by atoms with Gasteiger partial charge in [0.05, 0.1) is 12.2 Å². The molecule has 2 aliphatic rings. The predicted molar refractivity (Wildman–Crippen MR) is 116 cm³/mol. The molecule has 5 rings (SSSR count). The summed E-state index contributed by atoms with van der Waals surface area (Å²) >= 11 is 3.39. The van der Waals surface area contributed by atoms with Crippen LogP contribution in [-0.4, -0.2) is 39.4 Å². The first kappa shape index (κ1) is 19.0. The van der Waals surface area contributed by atoms with Crippen molar-refractivity contribution < 1.29 is 4.39 Å². The highest BCUT2D eigenvalue weighted by Crippen LogP contribution is 2.44. The Labute approximate surface area is 178 Å². The van der Waals surface area contributed by atoms with E-state index in [2.05, 4.69) is 50.4 Å². The number of pyridine rings is 2. The average Bonchev–Trinajstić information content (AvgIpc) is 3.48. The van der Waals surface area contributed by atoms with Gasteiger partial charge in [-0.1, -0.05) is 0 Å². The number of anilines is 1. The van der Waals surface area contributed by atoms with Gasteiger partial charge < -0.3 is 14.6 Å². The summed E-state index contributed by atoms with van der Waals surface area (Å²) in [5.41, 5.74) is 3.36. The molecule has 7 heteroatoms. The number of alkyl halides is 1. The number of imidazole rings is 1. The van der Waals surface area contributed by atoms with Gasteiger partial charge in [0, 0.05) is 42.9 Å². The number of piperidine rings is 1. The molecule has 0 aromatic carbocycles. The van der Waals surface area contributed by atoms with Crippen molar-refractivity contribution in [2.45, 2.75) is 43.8 Å². The lowest BCUT2D eigenvalue weighted by Gasteiger charge is -2.35. The molecule has 1 saturated heterocycles. The molecule has 1 N–H and O–H groups in total. The van der Waals surface area contributed by atoms with Crippen molar-refractivity contribution in [3.63, 3.8) is 0 Å². The molecular weight excluding hydrogens is 433 g/mol. The molecule has 5 nitrogen and oxygen atoms in total. The van der Waals surface area contributed by atoms with Crippen molar-refractivity contribution in [3.05, 3.63) is 58.2 Å². The molecule has 0 radical (unpaired) electrons. The van der Waals surface area contributed by atoms with E-state index in [9.17, 15) is 0 Å². The first-order chi connectivity index (χ1) is 14.0. The van der Waals surface area contributed by atoms with Crippen LogP contribution in [0.3, 0.4) is 0 Å². The monoisotopic (exact) mass is 457 g/mol. The zero-order chi connectivity index (χ0) is 20.0. The molecule has 1 aliphatic heterocycles. The zero-order valence-electron chi connectivity index (χ0n) is 16.5. The van der Waals surface area contributed by atoms with Crippen LogP contribution in [0.5, 0.6) is 0 Å². The largest absolute Gasteiger partial charge is 0.379 e. The Morgan fingerprint density at radius 2 is 2.03 bits per heavy atom. The van der Waals surface area contributed by atoms with Crippen LogP contribution in [0, 0.1) is 0 Å². The van der Waals surface area contributed by atoms with Gasteiger partial charge in [0.1, 0.15) is 15.9 Å². The third kappa shape index (κ3) is 3.90. The van der Waals surface area contributed by atoms with Gasteiger partial charge in [-0.25, -0.2) is 14.4 Å². The van der Waals surface area contributed by atoms with Crippen LogP contribution >= 0.6 is 15.9 Å². The molecule has 3 aromatic rings. The van der Waals surface area contributed by atoms with Gasteiger partial charge >= 0.3 is 0 Å². The quantitative estimate of drug-likeness (QED) is 0.555. The summed E-state index contributed by atoms with van der Waals surface area (Å²) in [7, 11) is 2.06. The number of halogens is 2. The van der Waals surface area contributed by atoms with Crippen molar-refractivity contribution in [3.8, 4) is 0 Å². The van der Waals surface area contributed by atoms with E-state index < -0.39 is 5.67 Å². The Morgan fingerprint density at radius 3 is 2.76 bits per heavy atom.